The molecule has 11 heteroatoms. The highest BCUT2D eigenvalue weighted by Crippen LogP contribution is 2.29. The van der Waals surface area contributed by atoms with Crippen molar-refractivity contribution < 1.29 is 14.6 Å². The minimum absolute atomic E-state index is 0.150. The van der Waals surface area contributed by atoms with Crippen molar-refractivity contribution in [3.05, 3.63) is 5.15 Å². The van der Waals surface area contributed by atoms with Gasteiger partial charge in [0.1, 0.15) is 11.6 Å². The van der Waals surface area contributed by atoms with Gasteiger partial charge in [-0.3, -0.25) is 0 Å². The van der Waals surface area contributed by atoms with E-state index in [-0.39, 0.29) is 18.2 Å². The number of aromatic nitrogens is 5. The summed E-state index contributed by atoms with van der Waals surface area (Å²) in [6.07, 6.45) is -0.309. The first kappa shape index (κ1) is 20.1. The number of hydrogen-bond acceptors (Lipinski definition) is 8. The quantitative estimate of drug-likeness (QED) is 0.462. The lowest BCUT2D eigenvalue weighted by Crippen LogP contribution is -2.36. The lowest BCUT2D eigenvalue weighted by Gasteiger charge is -2.24. The maximum atomic E-state index is 12.3. The molecule has 27 heavy (non-hydrogen) atoms. The van der Waals surface area contributed by atoms with Crippen molar-refractivity contribution in [1.82, 2.24) is 29.9 Å². The average molecular weight is 415 g/mol. The maximum absolute atomic E-state index is 12.3. The van der Waals surface area contributed by atoms with Crippen molar-refractivity contribution in [2.45, 2.75) is 57.0 Å². The lowest BCUT2D eigenvalue weighted by molar-refractivity contribution is 0.0270. The predicted molar refractivity (Wildman–Crippen MR) is 102 cm³/mol. The summed E-state index contributed by atoms with van der Waals surface area (Å²) in [4.78, 5) is 22.5. The van der Waals surface area contributed by atoms with Crippen molar-refractivity contribution in [2.24, 2.45) is 0 Å². The van der Waals surface area contributed by atoms with Gasteiger partial charge in [-0.1, -0.05) is 35.5 Å². The topological polar surface area (TPSA) is 106 Å². The van der Waals surface area contributed by atoms with E-state index in [0.717, 1.165) is 12.2 Å². The number of fused-ring (bicyclic) bond motifs is 1. The Balaban J connectivity index is 1.86. The number of ether oxygens (including phenoxy) is 1. The Morgan fingerprint density at radius 2 is 2.11 bits per heavy atom. The van der Waals surface area contributed by atoms with Crippen LogP contribution in [-0.2, 0) is 4.74 Å². The zero-order chi connectivity index (χ0) is 19.8. The highest BCUT2D eigenvalue weighted by atomic mass is 35.5. The molecule has 0 radical (unpaired) electrons. The van der Waals surface area contributed by atoms with E-state index in [0.29, 0.717) is 16.3 Å². The minimum atomic E-state index is -0.817. The molecule has 2 aromatic rings. The molecule has 0 spiro atoms. The molecule has 0 saturated carbocycles. The fourth-order valence-corrected chi connectivity index (χ4v) is 3.69. The van der Waals surface area contributed by atoms with Crippen molar-refractivity contribution >= 4 is 40.6 Å². The Morgan fingerprint density at radius 1 is 1.37 bits per heavy atom. The molecule has 1 saturated heterocycles. The van der Waals surface area contributed by atoms with Crippen LogP contribution in [0.4, 0.5) is 4.79 Å². The van der Waals surface area contributed by atoms with E-state index in [1.54, 1.807) is 20.8 Å². The standard InChI is InChI=1S/C16H23ClN6O3S/c1-5-6-27-14-18-12(17)11-13(19-14)23(21-20-11)9-7-22(8-10(9)24)15(25)26-16(2,3)4/h9-10,24H,5-8H2,1-4H3. The molecule has 9 nitrogen and oxygen atoms in total. The molecule has 148 valence electrons. The molecule has 3 rings (SSSR count). The number of nitrogens with zero attached hydrogens (tertiary/aromatic N) is 6. The highest BCUT2D eigenvalue weighted by Gasteiger charge is 2.39. The highest BCUT2D eigenvalue weighted by molar-refractivity contribution is 7.99. The Labute approximate surface area is 166 Å². The van der Waals surface area contributed by atoms with Crippen LogP contribution in [-0.4, -0.2) is 71.6 Å². The normalized spacial score (nSPS) is 20.4. The number of carbonyl (C=O) groups excluding carboxylic acids is 1. The van der Waals surface area contributed by atoms with Gasteiger partial charge in [0.25, 0.3) is 0 Å². The third-order valence-electron chi connectivity index (χ3n) is 3.92. The summed E-state index contributed by atoms with van der Waals surface area (Å²) in [7, 11) is 0. The van der Waals surface area contributed by atoms with Crippen LogP contribution < -0.4 is 0 Å². The molecule has 0 aromatic carbocycles. The molecule has 0 aliphatic carbocycles. The number of likely N-dealkylation sites (tertiary alicyclic amines) is 1. The number of amides is 1. The van der Waals surface area contributed by atoms with Crippen molar-refractivity contribution in [3.8, 4) is 0 Å². The smallest absolute Gasteiger partial charge is 0.410 e. The SMILES string of the molecule is CCCSc1nc(Cl)c2nnn(C3CN(C(=O)OC(C)(C)C)CC3O)c2n1. The largest absolute Gasteiger partial charge is 0.444 e. The number of hydrogen-bond donors (Lipinski definition) is 1. The maximum Gasteiger partial charge on any atom is 0.410 e. The van der Waals surface area contributed by atoms with E-state index in [2.05, 4.69) is 27.2 Å². The monoisotopic (exact) mass is 414 g/mol. The van der Waals surface area contributed by atoms with Crippen LogP contribution in [0.15, 0.2) is 5.16 Å². The third kappa shape index (κ3) is 4.44. The number of aliphatic hydroxyl groups is 1. The summed E-state index contributed by atoms with van der Waals surface area (Å²) in [5, 5.41) is 19.4. The van der Waals surface area contributed by atoms with Crippen LogP contribution in [0.5, 0.6) is 0 Å². The summed E-state index contributed by atoms with van der Waals surface area (Å²) in [5.41, 5.74) is 0.218. The van der Waals surface area contributed by atoms with E-state index in [1.165, 1.54) is 21.3 Å². The van der Waals surface area contributed by atoms with E-state index in [4.69, 9.17) is 16.3 Å². The fraction of sp³-hybridized carbons (Fsp3) is 0.688. The molecule has 1 aliphatic heterocycles. The Morgan fingerprint density at radius 3 is 2.78 bits per heavy atom. The van der Waals surface area contributed by atoms with Gasteiger partial charge in [-0.05, 0) is 27.2 Å². The van der Waals surface area contributed by atoms with E-state index >= 15 is 0 Å². The molecule has 1 fully saturated rings. The van der Waals surface area contributed by atoms with E-state index in [9.17, 15) is 9.90 Å². The molecular formula is C16H23ClN6O3S. The van der Waals surface area contributed by atoms with Crippen molar-refractivity contribution in [3.63, 3.8) is 0 Å². The second kappa shape index (κ2) is 7.76. The molecule has 2 aromatic heterocycles. The summed E-state index contributed by atoms with van der Waals surface area (Å²) in [6, 6.07) is -0.488. The predicted octanol–water partition coefficient (Wildman–Crippen LogP) is 2.53. The second-order valence-electron chi connectivity index (χ2n) is 7.37. The van der Waals surface area contributed by atoms with Gasteiger partial charge >= 0.3 is 6.09 Å². The van der Waals surface area contributed by atoms with Gasteiger partial charge in [0, 0.05) is 12.3 Å². The molecule has 2 atom stereocenters. The summed E-state index contributed by atoms with van der Waals surface area (Å²) in [6.45, 7) is 7.86. The number of aliphatic hydroxyl groups excluding tert-OH is 1. The van der Waals surface area contributed by atoms with Crippen molar-refractivity contribution in [1.29, 1.82) is 0 Å². The van der Waals surface area contributed by atoms with Crippen LogP contribution in [0.2, 0.25) is 5.15 Å². The van der Waals surface area contributed by atoms with Crippen molar-refractivity contribution in [2.75, 3.05) is 18.8 Å². The molecule has 1 amide bonds. The zero-order valence-corrected chi connectivity index (χ0v) is 17.3. The number of halogens is 1. The Hall–Kier alpha value is -1.65. The molecule has 1 aliphatic rings. The number of thioether (sulfide) groups is 1. The third-order valence-corrected chi connectivity index (χ3v) is 5.24. The number of β-amino-alcohol motifs (C(OH)–C–C–N with tert-alkyl or cyclic N) is 1. The van der Waals surface area contributed by atoms with Crippen LogP contribution in [0, 0.1) is 0 Å². The second-order valence-corrected chi connectivity index (χ2v) is 8.79. The zero-order valence-electron chi connectivity index (χ0n) is 15.7. The molecular weight excluding hydrogens is 392 g/mol. The van der Waals surface area contributed by atoms with E-state index in [1.807, 2.05) is 0 Å². The van der Waals surface area contributed by atoms with Crippen LogP contribution in [0.25, 0.3) is 11.2 Å². The number of carbonyl (C=O) groups is 1. The molecule has 1 N–H and O–H groups in total. The summed E-state index contributed by atoms with van der Waals surface area (Å²) < 4.78 is 6.91. The minimum Gasteiger partial charge on any atom is -0.444 e. The lowest BCUT2D eigenvalue weighted by atomic mass is 10.2. The van der Waals surface area contributed by atoms with Gasteiger partial charge in [0.05, 0.1) is 12.6 Å². The van der Waals surface area contributed by atoms with Gasteiger partial charge in [0.2, 0.25) is 0 Å². The van der Waals surface area contributed by atoms with E-state index < -0.39 is 23.8 Å². The first-order chi connectivity index (χ1) is 12.7. The van der Waals surface area contributed by atoms with Crippen LogP contribution in [0.3, 0.4) is 0 Å². The molecule has 3 heterocycles. The fourth-order valence-electron chi connectivity index (χ4n) is 2.75. The van der Waals surface area contributed by atoms with Gasteiger partial charge in [-0.25, -0.2) is 19.4 Å². The van der Waals surface area contributed by atoms with Crippen LogP contribution in [0.1, 0.15) is 40.2 Å². The Bertz CT molecular complexity index is 839. The summed E-state index contributed by atoms with van der Waals surface area (Å²) in [5.74, 6) is 0.863. The Kier molecular flexibility index (Phi) is 5.78. The van der Waals surface area contributed by atoms with Gasteiger partial charge in [-0.15, -0.1) is 5.10 Å². The first-order valence-corrected chi connectivity index (χ1v) is 10.1. The number of rotatable bonds is 4. The van der Waals surface area contributed by atoms with Gasteiger partial charge in [0.15, 0.2) is 21.5 Å². The van der Waals surface area contributed by atoms with Gasteiger partial charge < -0.3 is 14.7 Å². The first-order valence-electron chi connectivity index (χ1n) is 8.77. The molecule has 0 bridgehead atoms. The average Bonchev–Trinajstić information content (AvgIpc) is 3.15. The summed E-state index contributed by atoms with van der Waals surface area (Å²) >= 11 is 7.72. The van der Waals surface area contributed by atoms with Gasteiger partial charge in [-0.2, -0.15) is 0 Å². The van der Waals surface area contributed by atoms with Crippen LogP contribution >= 0.6 is 23.4 Å². The molecule has 2 unspecified atom stereocenters.